The highest BCUT2D eigenvalue weighted by molar-refractivity contribution is 5.49. The smallest absolute Gasteiger partial charge is 0.0316 e. The van der Waals surface area contributed by atoms with Crippen LogP contribution in [-0.2, 0) is 12.8 Å². The number of aryl methyl sites for hydroxylation is 4. The van der Waals surface area contributed by atoms with E-state index in [0.717, 1.165) is 37.1 Å². The number of benzene rings is 4. The quantitative estimate of drug-likeness (QED) is 0.158. The largest absolute Gasteiger partial charge is 0.399 e. The van der Waals surface area contributed by atoms with E-state index in [1.807, 2.05) is 12.1 Å². The van der Waals surface area contributed by atoms with Crippen molar-refractivity contribution in [2.24, 2.45) is 0 Å². The number of anilines is 2. The molecular weight excluding hydrogens is 460 g/mol. The van der Waals surface area contributed by atoms with Gasteiger partial charge in [-0.25, -0.2) is 0 Å². The van der Waals surface area contributed by atoms with E-state index in [4.69, 9.17) is 11.5 Å². The summed E-state index contributed by atoms with van der Waals surface area (Å²) < 4.78 is 0. The number of hydrogen-bond acceptors (Lipinski definition) is 2. The van der Waals surface area contributed by atoms with E-state index in [0.29, 0.717) is 11.8 Å². The Kier molecular flexibility index (Phi) is 9.29. The van der Waals surface area contributed by atoms with Gasteiger partial charge in [-0.1, -0.05) is 74.5 Å². The average Bonchev–Trinajstić information content (AvgIpc) is 2.91. The summed E-state index contributed by atoms with van der Waals surface area (Å²) in [7, 11) is 0. The van der Waals surface area contributed by atoms with Gasteiger partial charge in [0.25, 0.3) is 0 Å². The SMILES string of the molecule is CCC(c1ccc(CCCCc2ccc(C(CC)c3ccc(N)cc3C)cc2)cc1)c1ccc(N)cc1C. The van der Waals surface area contributed by atoms with E-state index in [1.165, 1.54) is 57.3 Å². The molecule has 4 N–H and O–H groups in total. The Balaban J connectivity index is 1.30. The molecule has 0 heterocycles. The number of nitrogen functional groups attached to an aromatic ring is 2. The normalized spacial score (nSPS) is 12.8. The highest BCUT2D eigenvalue weighted by atomic mass is 14.5. The number of rotatable bonds is 11. The maximum atomic E-state index is 5.97. The van der Waals surface area contributed by atoms with E-state index in [-0.39, 0.29) is 0 Å². The Labute approximate surface area is 230 Å². The van der Waals surface area contributed by atoms with Crippen molar-refractivity contribution >= 4 is 11.4 Å². The molecule has 2 nitrogen and oxygen atoms in total. The zero-order valence-corrected chi connectivity index (χ0v) is 23.6. The molecule has 0 aliphatic carbocycles. The molecule has 0 aromatic heterocycles. The molecule has 0 fully saturated rings. The number of hydrogen-bond donors (Lipinski definition) is 2. The van der Waals surface area contributed by atoms with Crippen molar-refractivity contribution in [3.63, 3.8) is 0 Å². The third-order valence-corrected chi connectivity index (χ3v) is 8.10. The fourth-order valence-electron chi connectivity index (χ4n) is 5.94. The minimum Gasteiger partial charge on any atom is -0.399 e. The Morgan fingerprint density at radius 2 is 0.895 bits per heavy atom. The van der Waals surface area contributed by atoms with E-state index in [9.17, 15) is 0 Å². The van der Waals surface area contributed by atoms with Crippen LogP contribution in [0.25, 0.3) is 0 Å². The van der Waals surface area contributed by atoms with Crippen molar-refractivity contribution in [3.8, 4) is 0 Å². The summed E-state index contributed by atoms with van der Waals surface area (Å²) >= 11 is 0. The predicted octanol–water partition coefficient (Wildman–Crippen LogP) is 9.12. The summed E-state index contributed by atoms with van der Waals surface area (Å²) in [6.45, 7) is 8.86. The molecule has 0 saturated carbocycles. The average molecular weight is 505 g/mol. The third-order valence-electron chi connectivity index (χ3n) is 8.10. The molecule has 4 rings (SSSR count). The molecule has 4 aromatic rings. The van der Waals surface area contributed by atoms with Crippen LogP contribution in [0.5, 0.6) is 0 Å². The lowest BCUT2D eigenvalue weighted by Crippen LogP contribution is -2.03. The van der Waals surface area contributed by atoms with Gasteiger partial charge in [-0.05, 0) is 121 Å². The lowest BCUT2D eigenvalue weighted by atomic mass is 9.85. The molecule has 4 aromatic carbocycles. The molecule has 2 atom stereocenters. The molecular formula is C36H44N2. The molecule has 0 aliphatic heterocycles. The van der Waals surface area contributed by atoms with Crippen molar-refractivity contribution in [2.45, 2.75) is 78.1 Å². The van der Waals surface area contributed by atoms with Gasteiger partial charge >= 0.3 is 0 Å². The first-order valence-corrected chi connectivity index (χ1v) is 14.3. The van der Waals surface area contributed by atoms with Crippen LogP contribution >= 0.6 is 0 Å². The molecule has 0 radical (unpaired) electrons. The van der Waals surface area contributed by atoms with Crippen LogP contribution in [0, 0.1) is 13.8 Å². The number of nitrogens with two attached hydrogens (primary N) is 2. The summed E-state index contributed by atoms with van der Waals surface area (Å²) in [5.41, 5.74) is 24.6. The molecule has 2 unspecified atom stereocenters. The minimum atomic E-state index is 0.420. The van der Waals surface area contributed by atoms with E-state index >= 15 is 0 Å². The van der Waals surface area contributed by atoms with Crippen LogP contribution in [0.4, 0.5) is 11.4 Å². The second-order valence-electron chi connectivity index (χ2n) is 10.8. The number of unbranched alkanes of at least 4 members (excludes halogenated alkanes) is 1. The molecule has 198 valence electrons. The van der Waals surface area contributed by atoms with Crippen molar-refractivity contribution < 1.29 is 0 Å². The van der Waals surface area contributed by atoms with Gasteiger partial charge in [-0.15, -0.1) is 0 Å². The standard InChI is InChI=1S/C36H44N2/c1-5-33(35-21-19-31(37)23-25(35)3)29-15-11-27(12-16-29)9-7-8-10-28-13-17-30(18-14-28)34(6-2)36-22-20-32(38)24-26(36)4/h11-24,33-34H,5-10,37-38H2,1-4H3. The summed E-state index contributed by atoms with van der Waals surface area (Å²) in [6.07, 6.45) is 6.84. The van der Waals surface area contributed by atoms with Gasteiger partial charge in [-0.3, -0.25) is 0 Å². The highest BCUT2D eigenvalue weighted by Gasteiger charge is 2.16. The van der Waals surface area contributed by atoms with Crippen molar-refractivity contribution in [2.75, 3.05) is 11.5 Å². The summed E-state index contributed by atoms with van der Waals surface area (Å²) in [5.74, 6) is 0.840. The molecule has 0 spiro atoms. The lowest BCUT2D eigenvalue weighted by Gasteiger charge is -2.19. The van der Waals surface area contributed by atoms with Crippen LogP contribution < -0.4 is 11.5 Å². The molecule has 0 saturated heterocycles. The molecule has 0 bridgehead atoms. The van der Waals surface area contributed by atoms with Gasteiger partial charge in [0.15, 0.2) is 0 Å². The van der Waals surface area contributed by atoms with Crippen LogP contribution in [0.1, 0.15) is 95.9 Å². The zero-order chi connectivity index (χ0) is 27.1. The molecule has 38 heavy (non-hydrogen) atoms. The Morgan fingerprint density at radius 3 is 1.21 bits per heavy atom. The van der Waals surface area contributed by atoms with Crippen molar-refractivity contribution in [1.29, 1.82) is 0 Å². The topological polar surface area (TPSA) is 52.0 Å². The Morgan fingerprint density at radius 1 is 0.526 bits per heavy atom. The first-order valence-electron chi connectivity index (χ1n) is 14.3. The summed E-state index contributed by atoms with van der Waals surface area (Å²) in [6, 6.07) is 31.2. The van der Waals surface area contributed by atoms with Gasteiger partial charge in [0, 0.05) is 23.2 Å². The maximum Gasteiger partial charge on any atom is 0.0316 e. The van der Waals surface area contributed by atoms with E-state index < -0.39 is 0 Å². The van der Waals surface area contributed by atoms with E-state index in [1.54, 1.807) is 0 Å². The van der Waals surface area contributed by atoms with Gasteiger partial charge in [0.05, 0.1) is 0 Å². The predicted molar refractivity (Wildman–Crippen MR) is 165 cm³/mol. The summed E-state index contributed by atoms with van der Waals surface area (Å²) in [5, 5.41) is 0. The first kappa shape index (κ1) is 27.5. The van der Waals surface area contributed by atoms with Crippen molar-refractivity contribution in [3.05, 3.63) is 129 Å². The van der Waals surface area contributed by atoms with Crippen LogP contribution in [0.3, 0.4) is 0 Å². The van der Waals surface area contributed by atoms with Crippen molar-refractivity contribution in [1.82, 2.24) is 0 Å². The molecule has 2 heteroatoms. The van der Waals surface area contributed by atoms with Crippen LogP contribution in [0.15, 0.2) is 84.9 Å². The zero-order valence-electron chi connectivity index (χ0n) is 23.6. The molecule has 0 amide bonds. The van der Waals surface area contributed by atoms with Gasteiger partial charge < -0.3 is 11.5 Å². The second kappa shape index (κ2) is 12.8. The molecule has 0 aliphatic rings. The monoisotopic (exact) mass is 504 g/mol. The van der Waals surface area contributed by atoms with Gasteiger partial charge in [-0.2, -0.15) is 0 Å². The van der Waals surface area contributed by atoms with Gasteiger partial charge in [0.1, 0.15) is 0 Å². The third kappa shape index (κ3) is 6.67. The van der Waals surface area contributed by atoms with E-state index in [2.05, 4.69) is 100 Å². The van der Waals surface area contributed by atoms with Crippen LogP contribution in [-0.4, -0.2) is 0 Å². The second-order valence-corrected chi connectivity index (χ2v) is 10.8. The Hall–Kier alpha value is -3.52. The summed E-state index contributed by atoms with van der Waals surface area (Å²) in [4.78, 5) is 0. The maximum absolute atomic E-state index is 5.97. The fourth-order valence-corrected chi connectivity index (χ4v) is 5.94. The first-order chi connectivity index (χ1) is 18.4. The minimum absolute atomic E-state index is 0.420. The van der Waals surface area contributed by atoms with Gasteiger partial charge in [0.2, 0.25) is 0 Å². The highest BCUT2D eigenvalue weighted by Crippen LogP contribution is 2.32. The lowest BCUT2D eigenvalue weighted by molar-refractivity contribution is 0.730. The Bertz CT molecular complexity index is 1210. The fraction of sp³-hybridized carbons (Fsp3) is 0.333. The van der Waals surface area contributed by atoms with Crippen LogP contribution in [0.2, 0.25) is 0 Å².